The van der Waals surface area contributed by atoms with Gasteiger partial charge in [0.2, 0.25) is 5.82 Å². The van der Waals surface area contributed by atoms with Crippen LogP contribution in [0.2, 0.25) is 5.02 Å². The third kappa shape index (κ3) is 3.82. The van der Waals surface area contributed by atoms with Crippen LogP contribution in [0.5, 0.6) is 11.6 Å². The summed E-state index contributed by atoms with van der Waals surface area (Å²) in [6.45, 7) is 3.70. The van der Waals surface area contributed by atoms with Crippen LogP contribution in [0.15, 0.2) is 18.5 Å². The molecular formula is C17H19ClN4O3. The van der Waals surface area contributed by atoms with Crippen molar-refractivity contribution < 1.29 is 9.66 Å². The summed E-state index contributed by atoms with van der Waals surface area (Å²) in [5.74, 6) is 0.568. The molecule has 1 N–H and O–H groups in total. The first-order chi connectivity index (χ1) is 12.0. The number of anilines is 1. The number of hydrogen-bond donors (Lipinski definition) is 1. The monoisotopic (exact) mass is 362 g/mol. The number of aromatic nitrogens is 2. The van der Waals surface area contributed by atoms with E-state index in [1.165, 1.54) is 6.33 Å². The number of halogens is 1. The number of aryl methyl sites for hydroxylation is 2. The maximum atomic E-state index is 11.6. The fourth-order valence-corrected chi connectivity index (χ4v) is 3.16. The molecule has 0 atom stereocenters. The maximum Gasteiger partial charge on any atom is 0.373 e. The van der Waals surface area contributed by atoms with Crippen molar-refractivity contribution in [3.8, 4) is 11.6 Å². The first-order valence-corrected chi connectivity index (χ1v) is 8.54. The molecule has 3 rings (SSSR count). The first-order valence-electron chi connectivity index (χ1n) is 8.16. The lowest BCUT2D eigenvalue weighted by Crippen LogP contribution is -2.17. The highest BCUT2D eigenvalue weighted by Gasteiger charge is 2.27. The molecule has 1 fully saturated rings. The van der Waals surface area contributed by atoms with Gasteiger partial charge in [-0.3, -0.25) is 10.1 Å². The normalized spacial score (nSPS) is 14.5. The van der Waals surface area contributed by atoms with E-state index in [1.807, 2.05) is 13.8 Å². The third-order valence-electron chi connectivity index (χ3n) is 4.29. The Balaban J connectivity index is 1.94. The Kier molecular flexibility index (Phi) is 5.03. The summed E-state index contributed by atoms with van der Waals surface area (Å²) in [6, 6.07) is 3.65. The molecule has 8 heteroatoms. The molecule has 1 aromatic heterocycles. The summed E-state index contributed by atoms with van der Waals surface area (Å²) >= 11 is 6.16. The molecule has 1 aliphatic rings. The average Bonchev–Trinajstić information content (AvgIpc) is 3.05. The number of ether oxygens (including phenoxy) is 1. The zero-order valence-electron chi connectivity index (χ0n) is 14.1. The Morgan fingerprint density at radius 3 is 2.48 bits per heavy atom. The maximum absolute atomic E-state index is 11.6. The molecule has 1 aromatic carbocycles. The second-order valence-corrected chi connectivity index (χ2v) is 6.61. The first kappa shape index (κ1) is 17.4. The Morgan fingerprint density at radius 2 is 1.88 bits per heavy atom. The quantitative estimate of drug-likeness (QED) is 0.606. The van der Waals surface area contributed by atoms with E-state index in [2.05, 4.69) is 15.3 Å². The molecule has 0 saturated heterocycles. The second-order valence-electron chi connectivity index (χ2n) is 6.23. The van der Waals surface area contributed by atoms with Crippen LogP contribution in [0.3, 0.4) is 0 Å². The van der Waals surface area contributed by atoms with Crippen LogP contribution < -0.4 is 10.1 Å². The third-order valence-corrected chi connectivity index (χ3v) is 4.89. The molecule has 0 radical (unpaired) electrons. The van der Waals surface area contributed by atoms with Gasteiger partial charge in [0, 0.05) is 11.1 Å². The number of rotatable bonds is 5. The van der Waals surface area contributed by atoms with E-state index in [4.69, 9.17) is 16.3 Å². The Bertz CT molecular complexity index is 783. The van der Waals surface area contributed by atoms with E-state index in [0.29, 0.717) is 10.8 Å². The Hall–Kier alpha value is -2.41. The minimum absolute atomic E-state index is 0.0818. The van der Waals surface area contributed by atoms with E-state index in [1.54, 1.807) is 12.1 Å². The van der Waals surface area contributed by atoms with Gasteiger partial charge in [0.1, 0.15) is 12.1 Å². The predicted molar refractivity (Wildman–Crippen MR) is 95.6 cm³/mol. The lowest BCUT2D eigenvalue weighted by Gasteiger charge is -2.14. The van der Waals surface area contributed by atoms with E-state index < -0.39 is 4.92 Å². The molecule has 0 amide bonds. The number of nitro groups is 1. The lowest BCUT2D eigenvalue weighted by molar-refractivity contribution is -0.385. The molecule has 0 aliphatic heterocycles. The molecule has 132 valence electrons. The fraction of sp³-hybridized carbons (Fsp3) is 0.412. The van der Waals surface area contributed by atoms with Crippen LogP contribution in [0.1, 0.15) is 36.8 Å². The fourth-order valence-electron chi connectivity index (χ4n) is 3.05. The van der Waals surface area contributed by atoms with Crippen LogP contribution >= 0.6 is 11.6 Å². The smallest absolute Gasteiger partial charge is 0.373 e. The van der Waals surface area contributed by atoms with E-state index in [9.17, 15) is 10.1 Å². The average molecular weight is 363 g/mol. The van der Waals surface area contributed by atoms with Crippen molar-refractivity contribution in [2.45, 2.75) is 45.6 Å². The van der Waals surface area contributed by atoms with Gasteiger partial charge in [-0.05, 0) is 49.9 Å². The van der Waals surface area contributed by atoms with Crippen molar-refractivity contribution in [2.75, 3.05) is 5.32 Å². The predicted octanol–water partition coefficient (Wildman–Crippen LogP) is 4.80. The van der Waals surface area contributed by atoms with Crippen LogP contribution in [0.4, 0.5) is 11.5 Å². The van der Waals surface area contributed by atoms with Gasteiger partial charge in [-0.15, -0.1) is 0 Å². The number of benzene rings is 1. The van der Waals surface area contributed by atoms with Crippen molar-refractivity contribution in [1.29, 1.82) is 0 Å². The highest BCUT2D eigenvalue weighted by molar-refractivity contribution is 6.32. The van der Waals surface area contributed by atoms with Crippen molar-refractivity contribution in [2.24, 2.45) is 0 Å². The minimum atomic E-state index is -0.512. The summed E-state index contributed by atoms with van der Waals surface area (Å²) in [5, 5.41) is 15.4. The molecular weight excluding hydrogens is 344 g/mol. The molecule has 7 nitrogen and oxygen atoms in total. The van der Waals surface area contributed by atoms with E-state index in [0.717, 1.165) is 36.8 Å². The van der Waals surface area contributed by atoms with Crippen molar-refractivity contribution in [3.05, 3.63) is 44.7 Å². The molecule has 2 aromatic rings. The van der Waals surface area contributed by atoms with Gasteiger partial charge in [-0.25, -0.2) is 4.98 Å². The number of hydrogen-bond acceptors (Lipinski definition) is 6. The van der Waals surface area contributed by atoms with Gasteiger partial charge in [0.25, 0.3) is 0 Å². The zero-order chi connectivity index (χ0) is 18.0. The standard InChI is InChI=1S/C17H19ClN4O3/c1-10-7-13(8-11(2)14(10)18)25-17-15(22(23)24)16(19-9-20-17)21-12-5-3-4-6-12/h7-9,12H,3-6H2,1-2H3,(H,19,20,21). The summed E-state index contributed by atoms with van der Waals surface area (Å²) in [6.07, 6.45) is 5.46. The molecule has 1 heterocycles. The summed E-state index contributed by atoms with van der Waals surface area (Å²) < 4.78 is 5.70. The molecule has 1 aliphatic carbocycles. The van der Waals surface area contributed by atoms with Gasteiger partial charge in [0.05, 0.1) is 4.92 Å². The Labute approximate surface area is 150 Å². The summed E-state index contributed by atoms with van der Waals surface area (Å²) in [4.78, 5) is 19.1. The van der Waals surface area contributed by atoms with Crippen molar-refractivity contribution >= 4 is 23.1 Å². The molecule has 1 saturated carbocycles. The van der Waals surface area contributed by atoms with E-state index >= 15 is 0 Å². The zero-order valence-corrected chi connectivity index (χ0v) is 14.8. The van der Waals surface area contributed by atoms with Gasteiger partial charge in [-0.1, -0.05) is 24.4 Å². The molecule has 0 unspecified atom stereocenters. The van der Waals surface area contributed by atoms with Crippen LogP contribution in [0, 0.1) is 24.0 Å². The summed E-state index contributed by atoms with van der Waals surface area (Å²) in [5.41, 5.74) is 1.41. The highest BCUT2D eigenvalue weighted by Crippen LogP contribution is 2.37. The number of nitrogens with one attached hydrogen (secondary N) is 1. The van der Waals surface area contributed by atoms with Crippen molar-refractivity contribution in [1.82, 2.24) is 9.97 Å². The lowest BCUT2D eigenvalue weighted by atomic mass is 10.1. The summed E-state index contributed by atoms with van der Waals surface area (Å²) in [7, 11) is 0. The topological polar surface area (TPSA) is 90.2 Å². The van der Waals surface area contributed by atoms with Crippen LogP contribution in [-0.2, 0) is 0 Å². The largest absolute Gasteiger partial charge is 0.434 e. The van der Waals surface area contributed by atoms with Crippen LogP contribution in [0.25, 0.3) is 0 Å². The second kappa shape index (κ2) is 7.23. The molecule has 0 bridgehead atoms. The van der Waals surface area contributed by atoms with E-state index in [-0.39, 0.29) is 23.4 Å². The van der Waals surface area contributed by atoms with Crippen molar-refractivity contribution in [3.63, 3.8) is 0 Å². The van der Waals surface area contributed by atoms with Gasteiger partial charge in [-0.2, -0.15) is 4.98 Å². The highest BCUT2D eigenvalue weighted by atomic mass is 35.5. The molecule has 0 spiro atoms. The van der Waals surface area contributed by atoms with Gasteiger partial charge < -0.3 is 10.1 Å². The molecule has 25 heavy (non-hydrogen) atoms. The van der Waals surface area contributed by atoms with Crippen LogP contribution in [-0.4, -0.2) is 20.9 Å². The van der Waals surface area contributed by atoms with Gasteiger partial charge >= 0.3 is 11.6 Å². The SMILES string of the molecule is Cc1cc(Oc2ncnc(NC3CCCC3)c2[N+](=O)[O-])cc(C)c1Cl. The number of nitrogens with zero attached hydrogens (tertiary/aromatic N) is 3. The minimum Gasteiger partial charge on any atom is -0.434 e. The van der Waals surface area contributed by atoms with Gasteiger partial charge in [0.15, 0.2) is 0 Å². The Morgan fingerprint density at radius 1 is 1.24 bits per heavy atom.